The lowest BCUT2D eigenvalue weighted by atomic mass is 9.90. The summed E-state index contributed by atoms with van der Waals surface area (Å²) in [7, 11) is 6.47. The molecular weight excluding hydrogens is 370 g/mol. The number of hydrogen-bond donors (Lipinski definition) is 0. The molecule has 2 aromatic carbocycles. The van der Waals surface area contributed by atoms with Crippen molar-refractivity contribution in [2.75, 3.05) is 41.5 Å². The standard InChI is InChI=1S/C23H29NO5/c1-26-19-13-18(14-20(15-19)27-2)23(25)24-9-7-16(8-10-24)11-17-5-6-21(28-3)22(12-17)29-4/h5-6,12-16H,7-11H2,1-4H3. The maximum Gasteiger partial charge on any atom is 0.254 e. The van der Waals surface area contributed by atoms with Gasteiger partial charge in [0, 0.05) is 24.7 Å². The minimum absolute atomic E-state index is 0.0202. The fourth-order valence-electron chi connectivity index (χ4n) is 3.79. The zero-order valence-electron chi connectivity index (χ0n) is 17.6. The molecule has 0 aliphatic carbocycles. The molecule has 1 aliphatic rings. The minimum Gasteiger partial charge on any atom is -0.497 e. The first-order valence-electron chi connectivity index (χ1n) is 9.81. The molecule has 0 saturated carbocycles. The lowest BCUT2D eigenvalue weighted by molar-refractivity contribution is 0.0690. The van der Waals surface area contributed by atoms with Crippen LogP contribution in [0.25, 0.3) is 0 Å². The zero-order chi connectivity index (χ0) is 20.8. The summed E-state index contributed by atoms with van der Waals surface area (Å²) in [6, 6.07) is 11.4. The number of piperidine rings is 1. The summed E-state index contributed by atoms with van der Waals surface area (Å²) in [5, 5.41) is 0. The Labute approximate surface area is 172 Å². The molecule has 1 saturated heterocycles. The van der Waals surface area contributed by atoms with Crippen molar-refractivity contribution in [3.05, 3.63) is 47.5 Å². The van der Waals surface area contributed by atoms with Crippen molar-refractivity contribution in [3.63, 3.8) is 0 Å². The van der Waals surface area contributed by atoms with E-state index in [4.69, 9.17) is 18.9 Å². The smallest absolute Gasteiger partial charge is 0.254 e. The molecule has 3 rings (SSSR count). The average molecular weight is 399 g/mol. The van der Waals surface area contributed by atoms with Crippen LogP contribution < -0.4 is 18.9 Å². The zero-order valence-corrected chi connectivity index (χ0v) is 17.6. The van der Waals surface area contributed by atoms with Gasteiger partial charge in [0.1, 0.15) is 11.5 Å². The monoisotopic (exact) mass is 399 g/mol. The van der Waals surface area contributed by atoms with E-state index in [2.05, 4.69) is 6.07 Å². The highest BCUT2D eigenvalue weighted by atomic mass is 16.5. The second-order valence-electron chi connectivity index (χ2n) is 7.23. The molecule has 0 bridgehead atoms. The molecule has 156 valence electrons. The molecule has 0 spiro atoms. The van der Waals surface area contributed by atoms with Crippen LogP contribution in [0.3, 0.4) is 0 Å². The first-order valence-corrected chi connectivity index (χ1v) is 9.81. The third kappa shape index (κ3) is 4.94. The molecule has 1 heterocycles. The first kappa shape index (κ1) is 20.8. The average Bonchev–Trinajstić information content (AvgIpc) is 2.78. The van der Waals surface area contributed by atoms with Gasteiger partial charge in [0.15, 0.2) is 11.5 Å². The fraction of sp³-hybridized carbons (Fsp3) is 0.435. The molecule has 6 heteroatoms. The van der Waals surface area contributed by atoms with E-state index in [0.717, 1.165) is 43.9 Å². The summed E-state index contributed by atoms with van der Waals surface area (Å²) < 4.78 is 21.3. The molecular formula is C23H29NO5. The van der Waals surface area contributed by atoms with E-state index in [9.17, 15) is 4.79 Å². The lowest BCUT2D eigenvalue weighted by Crippen LogP contribution is -2.38. The Hall–Kier alpha value is -2.89. The third-order valence-corrected chi connectivity index (χ3v) is 5.47. The van der Waals surface area contributed by atoms with E-state index >= 15 is 0 Å². The number of amides is 1. The van der Waals surface area contributed by atoms with Crippen molar-refractivity contribution < 1.29 is 23.7 Å². The van der Waals surface area contributed by atoms with Gasteiger partial charge in [-0.3, -0.25) is 4.79 Å². The molecule has 0 aromatic heterocycles. The van der Waals surface area contributed by atoms with Crippen LogP contribution in [0.15, 0.2) is 36.4 Å². The number of nitrogens with zero attached hydrogens (tertiary/aromatic N) is 1. The van der Waals surface area contributed by atoms with E-state index in [-0.39, 0.29) is 5.91 Å². The molecule has 29 heavy (non-hydrogen) atoms. The summed E-state index contributed by atoms with van der Waals surface area (Å²) in [5.74, 6) is 3.30. The van der Waals surface area contributed by atoms with Crippen LogP contribution in [-0.4, -0.2) is 52.3 Å². The Morgan fingerprint density at radius 2 is 1.48 bits per heavy atom. The quantitative estimate of drug-likeness (QED) is 0.709. The molecule has 6 nitrogen and oxygen atoms in total. The van der Waals surface area contributed by atoms with E-state index in [0.29, 0.717) is 23.0 Å². The van der Waals surface area contributed by atoms with Gasteiger partial charge in [0.2, 0.25) is 0 Å². The van der Waals surface area contributed by atoms with Crippen molar-refractivity contribution in [2.24, 2.45) is 5.92 Å². The van der Waals surface area contributed by atoms with Crippen LogP contribution >= 0.6 is 0 Å². The van der Waals surface area contributed by atoms with E-state index in [1.807, 2.05) is 17.0 Å². The van der Waals surface area contributed by atoms with Gasteiger partial charge in [0.05, 0.1) is 28.4 Å². The Bertz CT molecular complexity index is 821. The highest BCUT2D eigenvalue weighted by Gasteiger charge is 2.25. The number of carbonyl (C=O) groups excluding carboxylic acids is 1. The fourth-order valence-corrected chi connectivity index (χ4v) is 3.79. The second-order valence-corrected chi connectivity index (χ2v) is 7.23. The normalized spacial score (nSPS) is 14.4. The number of ether oxygens (including phenoxy) is 4. The highest BCUT2D eigenvalue weighted by Crippen LogP contribution is 2.31. The maximum absolute atomic E-state index is 12.9. The van der Waals surface area contributed by atoms with Crippen LogP contribution in [0, 0.1) is 5.92 Å². The number of rotatable bonds is 7. The van der Waals surface area contributed by atoms with Crippen molar-refractivity contribution in [3.8, 4) is 23.0 Å². The summed E-state index contributed by atoms with van der Waals surface area (Å²) in [6.07, 6.45) is 2.91. The topological polar surface area (TPSA) is 57.2 Å². The van der Waals surface area contributed by atoms with Gasteiger partial charge in [-0.2, -0.15) is 0 Å². The SMILES string of the molecule is COc1cc(OC)cc(C(=O)N2CCC(Cc3ccc(OC)c(OC)c3)CC2)c1. The molecule has 1 fully saturated rings. The predicted molar refractivity (Wildman–Crippen MR) is 111 cm³/mol. The lowest BCUT2D eigenvalue weighted by Gasteiger charge is -2.32. The summed E-state index contributed by atoms with van der Waals surface area (Å²) in [4.78, 5) is 14.9. The Morgan fingerprint density at radius 1 is 0.862 bits per heavy atom. The Kier molecular flexibility index (Phi) is 6.86. The second kappa shape index (κ2) is 9.54. The van der Waals surface area contributed by atoms with Gasteiger partial charge in [0.25, 0.3) is 5.91 Å². The predicted octanol–water partition coefficient (Wildman–Crippen LogP) is 3.82. The van der Waals surface area contributed by atoms with Crippen LogP contribution in [-0.2, 0) is 6.42 Å². The molecule has 0 atom stereocenters. The van der Waals surface area contributed by atoms with Gasteiger partial charge in [-0.15, -0.1) is 0 Å². The summed E-state index contributed by atoms with van der Waals surface area (Å²) in [5.41, 5.74) is 1.82. The number of likely N-dealkylation sites (tertiary alicyclic amines) is 1. The van der Waals surface area contributed by atoms with E-state index < -0.39 is 0 Å². The third-order valence-electron chi connectivity index (χ3n) is 5.47. The highest BCUT2D eigenvalue weighted by molar-refractivity contribution is 5.95. The first-order chi connectivity index (χ1) is 14.1. The van der Waals surface area contributed by atoms with Gasteiger partial charge < -0.3 is 23.8 Å². The Balaban J connectivity index is 1.61. The van der Waals surface area contributed by atoms with Crippen LogP contribution in [0.2, 0.25) is 0 Å². The number of methoxy groups -OCH3 is 4. The van der Waals surface area contributed by atoms with E-state index in [1.165, 1.54) is 5.56 Å². The largest absolute Gasteiger partial charge is 0.497 e. The van der Waals surface area contributed by atoms with Crippen molar-refractivity contribution >= 4 is 5.91 Å². The van der Waals surface area contributed by atoms with Crippen molar-refractivity contribution in [1.82, 2.24) is 4.90 Å². The number of benzene rings is 2. The van der Waals surface area contributed by atoms with Gasteiger partial charge in [-0.05, 0) is 55.0 Å². The summed E-state index contributed by atoms with van der Waals surface area (Å²) in [6.45, 7) is 1.49. The molecule has 0 unspecified atom stereocenters. The van der Waals surface area contributed by atoms with Crippen molar-refractivity contribution in [1.29, 1.82) is 0 Å². The molecule has 2 aromatic rings. The van der Waals surface area contributed by atoms with Crippen LogP contribution in [0.5, 0.6) is 23.0 Å². The number of carbonyl (C=O) groups is 1. The molecule has 0 N–H and O–H groups in total. The Morgan fingerprint density at radius 3 is 2.03 bits per heavy atom. The van der Waals surface area contributed by atoms with Gasteiger partial charge >= 0.3 is 0 Å². The van der Waals surface area contributed by atoms with Crippen LogP contribution in [0.4, 0.5) is 0 Å². The van der Waals surface area contributed by atoms with Gasteiger partial charge in [-0.1, -0.05) is 6.07 Å². The van der Waals surface area contributed by atoms with Gasteiger partial charge in [-0.25, -0.2) is 0 Å². The van der Waals surface area contributed by atoms with Crippen molar-refractivity contribution in [2.45, 2.75) is 19.3 Å². The number of hydrogen-bond acceptors (Lipinski definition) is 5. The molecule has 1 amide bonds. The van der Waals surface area contributed by atoms with Crippen LogP contribution in [0.1, 0.15) is 28.8 Å². The van der Waals surface area contributed by atoms with E-state index in [1.54, 1.807) is 46.6 Å². The maximum atomic E-state index is 12.9. The molecule has 1 aliphatic heterocycles. The minimum atomic E-state index is 0.0202. The summed E-state index contributed by atoms with van der Waals surface area (Å²) >= 11 is 0. The molecule has 0 radical (unpaired) electrons.